The number of pyridine rings is 1. The van der Waals surface area contributed by atoms with Crippen LogP contribution in [0.25, 0.3) is 10.8 Å². The van der Waals surface area contributed by atoms with Gasteiger partial charge in [-0.2, -0.15) is 10.4 Å². The molecule has 4 heterocycles. The number of fused-ring (bicyclic) bond motifs is 2. The molecule has 1 aromatic carbocycles. The average molecular weight is 446 g/mol. The minimum Gasteiger partial charge on any atom is -0.495 e. The van der Waals surface area contributed by atoms with Gasteiger partial charge >= 0.3 is 0 Å². The highest BCUT2D eigenvalue weighted by Crippen LogP contribution is 2.29. The summed E-state index contributed by atoms with van der Waals surface area (Å²) in [6, 6.07) is 10.2. The number of methoxy groups -OCH3 is 1. The molecule has 2 aliphatic rings. The first-order chi connectivity index (χ1) is 16.2. The smallest absolute Gasteiger partial charge is 0.157 e. The maximum Gasteiger partial charge on any atom is 0.157 e. The van der Waals surface area contributed by atoms with Gasteiger partial charge in [-0.3, -0.25) is 4.90 Å². The summed E-state index contributed by atoms with van der Waals surface area (Å²) in [5.74, 6) is 2.20. The Labute approximate surface area is 192 Å². The Balaban J connectivity index is 1.43. The van der Waals surface area contributed by atoms with E-state index in [9.17, 15) is 5.26 Å². The average Bonchev–Trinajstić information content (AvgIpc) is 2.87. The van der Waals surface area contributed by atoms with Crippen molar-refractivity contribution in [2.45, 2.75) is 19.5 Å². The van der Waals surface area contributed by atoms with E-state index >= 15 is 0 Å². The third-order valence-electron chi connectivity index (χ3n) is 6.46. The summed E-state index contributed by atoms with van der Waals surface area (Å²) in [5, 5.41) is 23.5. The monoisotopic (exact) mass is 445 g/mol. The van der Waals surface area contributed by atoms with Gasteiger partial charge in [0, 0.05) is 55.3 Å². The third kappa shape index (κ3) is 4.15. The molecule has 0 amide bonds. The van der Waals surface area contributed by atoms with Crippen molar-refractivity contribution in [1.82, 2.24) is 20.1 Å². The van der Waals surface area contributed by atoms with Gasteiger partial charge < -0.3 is 19.7 Å². The summed E-state index contributed by atoms with van der Waals surface area (Å²) < 4.78 is 11.2. The van der Waals surface area contributed by atoms with Crippen LogP contribution in [0.3, 0.4) is 0 Å². The molecule has 33 heavy (non-hydrogen) atoms. The number of nitrogens with zero attached hydrogens (tertiary/aromatic N) is 6. The van der Waals surface area contributed by atoms with Crippen molar-refractivity contribution in [2.75, 3.05) is 56.7 Å². The second-order valence-corrected chi connectivity index (χ2v) is 8.40. The lowest BCUT2D eigenvalue weighted by atomic mass is 10.1. The van der Waals surface area contributed by atoms with Crippen molar-refractivity contribution in [3.63, 3.8) is 0 Å². The normalized spacial score (nSPS) is 18.6. The molecule has 0 saturated carbocycles. The zero-order valence-corrected chi connectivity index (χ0v) is 18.9. The van der Waals surface area contributed by atoms with Gasteiger partial charge in [-0.15, -0.1) is 5.10 Å². The number of rotatable bonds is 5. The molecule has 1 N–H and O–H groups in total. The second-order valence-electron chi connectivity index (χ2n) is 8.40. The van der Waals surface area contributed by atoms with Crippen LogP contribution in [0.2, 0.25) is 0 Å². The lowest BCUT2D eigenvalue weighted by Gasteiger charge is -2.44. The number of ether oxygens (including phenoxy) is 2. The van der Waals surface area contributed by atoms with Gasteiger partial charge in [0.25, 0.3) is 0 Å². The van der Waals surface area contributed by atoms with Gasteiger partial charge in [-0.05, 0) is 19.1 Å². The molecule has 0 bridgehead atoms. The van der Waals surface area contributed by atoms with E-state index in [0.717, 1.165) is 67.2 Å². The van der Waals surface area contributed by atoms with E-state index in [4.69, 9.17) is 14.5 Å². The van der Waals surface area contributed by atoms with Crippen LogP contribution in [0.15, 0.2) is 30.5 Å². The molecular weight excluding hydrogens is 418 g/mol. The lowest BCUT2D eigenvalue weighted by molar-refractivity contribution is -0.0117. The fraction of sp³-hybridized carbons (Fsp3) is 0.417. The molecule has 3 aromatic rings. The van der Waals surface area contributed by atoms with E-state index in [-0.39, 0.29) is 0 Å². The zero-order chi connectivity index (χ0) is 22.8. The number of aromatic nitrogens is 3. The molecule has 2 fully saturated rings. The van der Waals surface area contributed by atoms with Gasteiger partial charge in [0.05, 0.1) is 37.6 Å². The van der Waals surface area contributed by atoms with E-state index in [1.165, 1.54) is 0 Å². The number of hydrogen-bond acceptors (Lipinski definition) is 9. The van der Waals surface area contributed by atoms with Crippen molar-refractivity contribution in [2.24, 2.45) is 0 Å². The van der Waals surface area contributed by atoms with Crippen LogP contribution >= 0.6 is 0 Å². The van der Waals surface area contributed by atoms with Crippen LogP contribution in [0, 0.1) is 18.3 Å². The minimum atomic E-state index is 0.403. The fourth-order valence-corrected chi connectivity index (χ4v) is 4.65. The first-order valence-corrected chi connectivity index (χ1v) is 11.2. The summed E-state index contributed by atoms with van der Waals surface area (Å²) in [7, 11) is 1.58. The van der Waals surface area contributed by atoms with Crippen LogP contribution in [0.4, 0.5) is 11.6 Å². The van der Waals surface area contributed by atoms with Crippen LogP contribution in [0.5, 0.6) is 5.75 Å². The van der Waals surface area contributed by atoms with Crippen molar-refractivity contribution < 1.29 is 9.47 Å². The largest absolute Gasteiger partial charge is 0.495 e. The molecular formula is C24H27N7O2. The number of para-hydroxylation sites is 1. The Morgan fingerprint density at radius 1 is 1.24 bits per heavy atom. The highest BCUT2D eigenvalue weighted by atomic mass is 16.5. The molecule has 0 radical (unpaired) electrons. The van der Waals surface area contributed by atoms with Gasteiger partial charge in [0.2, 0.25) is 0 Å². The number of morpholine rings is 1. The molecule has 9 nitrogen and oxygen atoms in total. The predicted octanol–water partition coefficient (Wildman–Crippen LogP) is 2.35. The van der Waals surface area contributed by atoms with Gasteiger partial charge in [-0.25, -0.2) is 4.98 Å². The molecule has 0 aliphatic carbocycles. The Kier molecular flexibility index (Phi) is 5.94. The molecule has 2 saturated heterocycles. The van der Waals surface area contributed by atoms with Gasteiger partial charge in [0.15, 0.2) is 5.82 Å². The molecule has 1 atom stereocenters. The van der Waals surface area contributed by atoms with E-state index in [1.807, 2.05) is 25.3 Å². The summed E-state index contributed by atoms with van der Waals surface area (Å²) in [6.45, 7) is 7.85. The number of anilines is 2. The Hall–Kier alpha value is -3.48. The Morgan fingerprint density at radius 3 is 3.00 bits per heavy atom. The summed E-state index contributed by atoms with van der Waals surface area (Å²) in [4.78, 5) is 9.59. The number of benzene rings is 1. The van der Waals surface area contributed by atoms with Crippen molar-refractivity contribution in [3.8, 4) is 11.8 Å². The van der Waals surface area contributed by atoms with Crippen molar-refractivity contribution in [3.05, 3.63) is 47.3 Å². The topological polar surface area (TPSA) is 99.4 Å². The van der Waals surface area contributed by atoms with E-state index in [0.29, 0.717) is 29.7 Å². The fourth-order valence-electron chi connectivity index (χ4n) is 4.65. The molecule has 170 valence electrons. The number of piperazine rings is 1. The summed E-state index contributed by atoms with van der Waals surface area (Å²) >= 11 is 0. The first kappa shape index (κ1) is 21.4. The van der Waals surface area contributed by atoms with E-state index in [1.54, 1.807) is 13.2 Å². The summed E-state index contributed by atoms with van der Waals surface area (Å²) in [5.41, 5.74) is 2.23. The maximum absolute atomic E-state index is 9.36. The Bertz CT molecular complexity index is 1210. The van der Waals surface area contributed by atoms with E-state index in [2.05, 4.69) is 37.4 Å². The lowest BCUT2D eigenvalue weighted by Crippen LogP contribution is -2.58. The van der Waals surface area contributed by atoms with Crippen molar-refractivity contribution in [1.29, 1.82) is 5.26 Å². The highest BCUT2D eigenvalue weighted by Gasteiger charge is 2.30. The molecule has 2 aliphatic heterocycles. The minimum absolute atomic E-state index is 0.403. The second kappa shape index (κ2) is 9.17. The number of nitrogens with one attached hydrogen (secondary N) is 1. The predicted molar refractivity (Wildman–Crippen MR) is 125 cm³/mol. The highest BCUT2D eigenvalue weighted by molar-refractivity contribution is 5.94. The zero-order valence-electron chi connectivity index (χ0n) is 18.9. The van der Waals surface area contributed by atoms with Crippen LogP contribution < -0.4 is 15.0 Å². The van der Waals surface area contributed by atoms with Crippen molar-refractivity contribution >= 4 is 22.4 Å². The molecule has 2 aromatic heterocycles. The number of hydrogen-bond donors (Lipinski definition) is 1. The summed E-state index contributed by atoms with van der Waals surface area (Å²) in [6.07, 6.45) is 1.89. The van der Waals surface area contributed by atoms with Crippen LogP contribution in [-0.2, 0) is 11.3 Å². The Morgan fingerprint density at radius 2 is 2.15 bits per heavy atom. The van der Waals surface area contributed by atoms with Gasteiger partial charge in [0.1, 0.15) is 17.6 Å². The number of nitriles is 1. The molecule has 9 heteroatoms. The van der Waals surface area contributed by atoms with E-state index < -0.39 is 0 Å². The number of aryl methyl sites for hydroxylation is 1. The SMILES string of the molecule is COc1c(C#N)cccc1CNc1nnc(C)c2cnc(N3CCN4CCOCC4C3)cc12. The van der Waals surface area contributed by atoms with Gasteiger partial charge in [-0.1, -0.05) is 12.1 Å². The maximum atomic E-state index is 9.36. The van der Waals surface area contributed by atoms with Crippen LogP contribution in [-0.4, -0.2) is 72.6 Å². The molecule has 5 rings (SSSR count). The molecule has 1 unspecified atom stereocenters. The van der Waals surface area contributed by atoms with Crippen LogP contribution in [0.1, 0.15) is 16.8 Å². The molecule has 0 spiro atoms. The standard InChI is InChI=1S/C24H27N7O2/c1-16-21-13-26-22(31-7-6-30-8-9-33-15-19(30)14-31)10-20(21)24(29-28-16)27-12-18-5-3-4-17(11-25)23(18)32-2/h3-5,10,13,19H,6-9,12,14-15H2,1-2H3,(H,27,29). The quantitative estimate of drug-likeness (QED) is 0.634. The third-order valence-corrected chi connectivity index (χ3v) is 6.46. The first-order valence-electron chi connectivity index (χ1n) is 11.2.